The topological polar surface area (TPSA) is 92.8 Å². The third kappa shape index (κ3) is 5.39. The normalized spacial score (nSPS) is 32.7. The number of alkyl halides is 3. The van der Waals surface area contributed by atoms with E-state index in [4.69, 9.17) is 0 Å². The van der Waals surface area contributed by atoms with Crippen molar-refractivity contribution in [3.8, 4) is 0 Å². The van der Waals surface area contributed by atoms with Crippen LogP contribution >= 0.6 is 0 Å². The Morgan fingerprint density at radius 3 is 2.68 bits per heavy atom. The third-order valence-electron chi connectivity index (χ3n) is 7.98. The van der Waals surface area contributed by atoms with E-state index in [0.717, 1.165) is 19.3 Å². The molecule has 1 aromatic rings. The molecule has 4 heterocycles. The minimum absolute atomic E-state index is 0.0494. The number of nitrogens with zero attached hydrogens (tertiary/aromatic N) is 4. The lowest BCUT2D eigenvalue weighted by molar-refractivity contribution is -0.138. The number of piperazine rings is 2. The number of anilines is 1. The zero-order valence-electron chi connectivity index (χ0n) is 20.7. The van der Waals surface area contributed by atoms with Crippen molar-refractivity contribution < 1.29 is 27.2 Å². The number of rotatable bonds is 6. The van der Waals surface area contributed by atoms with E-state index in [1.54, 1.807) is 0 Å². The minimum Gasteiger partial charge on any atom is -0.365 e. The summed E-state index contributed by atoms with van der Waals surface area (Å²) in [4.78, 5) is 32.1. The molecule has 0 bridgehead atoms. The van der Waals surface area contributed by atoms with Gasteiger partial charge in [-0.15, -0.1) is 0 Å². The van der Waals surface area contributed by atoms with Crippen LogP contribution in [0, 0.1) is 11.9 Å². The number of fused-ring (bicyclic) bond motifs is 3. The molecule has 1 aliphatic carbocycles. The van der Waals surface area contributed by atoms with Gasteiger partial charge in [0, 0.05) is 50.7 Å². The van der Waals surface area contributed by atoms with Gasteiger partial charge in [0.25, 0.3) is 12.3 Å². The summed E-state index contributed by atoms with van der Waals surface area (Å²) in [6, 6.07) is 2.13. The van der Waals surface area contributed by atoms with Crippen molar-refractivity contribution >= 4 is 17.5 Å². The second-order valence-corrected chi connectivity index (χ2v) is 10.5. The fraction of sp³-hybridized carbons (Fsp3) is 0.708. The predicted octanol–water partition coefficient (Wildman–Crippen LogP) is 0.920. The Balaban J connectivity index is 1.14. The monoisotopic (exact) mass is 527 g/mol. The second-order valence-electron chi connectivity index (χ2n) is 10.5. The number of halogens is 4. The van der Waals surface area contributed by atoms with Crippen LogP contribution in [0.25, 0.3) is 0 Å². The van der Waals surface area contributed by atoms with Gasteiger partial charge in [0.15, 0.2) is 0 Å². The van der Waals surface area contributed by atoms with Gasteiger partial charge in [0.2, 0.25) is 11.9 Å². The molecule has 4 aliphatic rings. The number of pyridine rings is 1. The molecule has 6 unspecified atom stereocenters. The van der Waals surface area contributed by atoms with Crippen molar-refractivity contribution in [3.63, 3.8) is 0 Å². The number of nitrogens with one attached hydrogen (secondary N) is 3. The van der Waals surface area contributed by atoms with Crippen molar-refractivity contribution in [2.75, 3.05) is 44.2 Å². The van der Waals surface area contributed by atoms with Crippen LogP contribution in [-0.2, 0) is 4.79 Å². The van der Waals surface area contributed by atoms with Crippen molar-refractivity contribution in [1.82, 2.24) is 31.0 Å². The van der Waals surface area contributed by atoms with Crippen LogP contribution in [0.3, 0.4) is 0 Å². The van der Waals surface area contributed by atoms with Crippen molar-refractivity contribution in [2.45, 2.75) is 63.0 Å². The maximum atomic E-state index is 15.6. The van der Waals surface area contributed by atoms with E-state index in [0.29, 0.717) is 32.7 Å². The van der Waals surface area contributed by atoms with Crippen LogP contribution in [0.4, 0.5) is 23.2 Å². The molecule has 1 saturated carbocycles. The molecule has 2 amide bonds. The molecule has 5 rings (SSSR count). The van der Waals surface area contributed by atoms with Crippen molar-refractivity contribution in [1.29, 1.82) is 0 Å². The first-order chi connectivity index (χ1) is 17.7. The molecule has 6 atom stereocenters. The van der Waals surface area contributed by atoms with Crippen molar-refractivity contribution in [3.05, 3.63) is 23.8 Å². The first kappa shape index (κ1) is 26.1. The molecule has 4 fully saturated rings. The molecule has 0 radical (unpaired) electrons. The van der Waals surface area contributed by atoms with Crippen LogP contribution in [0.2, 0.25) is 0 Å². The smallest absolute Gasteiger partial charge is 0.270 e. The Bertz CT molecular complexity index is 1010. The Hall–Kier alpha value is -2.51. The zero-order chi connectivity index (χ0) is 26.3. The lowest BCUT2D eigenvalue weighted by Gasteiger charge is -2.49. The number of hydrazine groups is 1. The molecule has 1 aromatic heterocycles. The molecule has 3 aliphatic heterocycles. The quantitative estimate of drug-likeness (QED) is 0.374. The van der Waals surface area contributed by atoms with Gasteiger partial charge in [0.05, 0.1) is 18.3 Å². The highest BCUT2D eigenvalue weighted by atomic mass is 19.3. The number of carbonyl (C=O) groups is 2. The van der Waals surface area contributed by atoms with Gasteiger partial charge >= 0.3 is 0 Å². The average molecular weight is 528 g/mol. The van der Waals surface area contributed by atoms with E-state index < -0.39 is 37.0 Å². The van der Waals surface area contributed by atoms with E-state index in [9.17, 15) is 22.8 Å². The highest BCUT2D eigenvalue weighted by Crippen LogP contribution is 2.36. The lowest BCUT2D eigenvalue weighted by atomic mass is 9.78. The van der Waals surface area contributed by atoms with E-state index >= 15 is 4.39 Å². The molecule has 3 saturated heterocycles. The van der Waals surface area contributed by atoms with Gasteiger partial charge in [-0.1, -0.05) is 0 Å². The first-order valence-electron chi connectivity index (χ1n) is 12.9. The molecule has 3 N–H and O–H groups in total. The molecule has 37 heavy (non-hydrogen) atoms. The van der Waals surface area contributed by atoms with Gasteiger partial charge in [0.1, 0.15) is 17.9 Å². The fourth-order valence-electron chi connectivity index (χ4n) is 6.13. The Kier molecular flexibility index (Phi) is 7.55. The van der Waals surface area contributed by atoms with Gasteiger partial charge in [-0.05, 0) is 38.3 Å². The molecule has 0 aromatic carbocycles. The molecular weight excluding hydrogens is 494 g/mol. The Morgan fingerprint density at radius 1 is 1.22 bits per heavy atom. The van der Waals surface area contributed by atoms with Crippen LogP contribution in [0.15, 0.2) is 12.1 Å². The van der Waals surface area contributed by atoms with Gasteiger partial charge < -0.3 is 15.5 Å². The standard InChI is InChI=1S/C24H33F4N7O2/c1-13-10-18-24(37)31-21-16(35(18)32-13)4-2-14(20(21)27)12-33-6-8-34(9-7-33)17-5-3-15(30-22(17)28)23(36)29-11-19(25)26/h3,5,13-14,16,18-21,32H,2,4,6-12H2,1H3,(H,29,36)(H,31,37). The maximum Gasteiger partial charge on any atom is 0.270 e. The number of hydrogen-bond acceptors (Lipinski definition) is 7. The summed E-state index contributed by atoms with van der Waals surface area (Å²) in [5, 5.41) is 6.94. The summed E-state index contributed by atoms with van der Waals surface area (Å²) in [5.41, 5.74) is 3.33. The number of aromatic nitrogens is 1. The third-order valence-corrected chi connectivity index (χ3v) is 7.98. The fourth-order valence-corrected chi connectivity index (χ4v) is 6.13. The average Bonchev–Trinajstić information content (AvgIpc) is 3.27. The van der Waals surface area contributed by atoms with E-state index in [-0.39, 0.29) is 41.3 Å². The first-order valence-corrected chi connectivity index (χ1v) is 12.9. The summed E-state index contributed by atoms with van der Waals surface area (Å²) in [6.07, 6.45) is -1.59. The van der Waals surface area contributed by atoms with Crippen LogP contribution in [-0.4, -0.2) is 103 Å². The van der Waals surface area contributed by atoms with Crippen molar-refractivity contribution in [2.24, 2.45) is 5.92 Å². The van der Waals surface area contributed by atoms with E-state index in [1.165, 1.54) is 12.1 Å². The highest BCUT2D eigenvalue weighted by Gasteiger charge is 2.52. The predicted molar refractivity (Wildman–Crippen MR) is 127 cm³/mol. The summed E-state index contributed by atoms with van der Waals surface area (Å²) in [5.74, 6) is -2.00. The minimum atomic E-state index is -2.70. The van der Waals surface area contributed by atoms with Crippen LogP contribution < -0.4 is 21.0 Å². The Morgan fingerprint density at radius 2 is 1.97 bits per heavy atom. The summed E-state index contributed by atoms with van der Waals surface area (Å²) in [6.45, 7) is 3.97. The summed E-state index contributed by atoms with van der Waals surface area (Å²) >= 11 is 0. The maximum absolute atomic E-state index is 15.6. The highest BCUT2D eigenvalue weighted by molar-refractivity contribution is 5.92. The number of amides is 2. The SMILES string of the molecule is CC1CC2C(=O)NC3C(F)C(CN4CCN(c5ccc(C(=O)NCC(F)F)nc5F)CC4)CCC3N2N1. The van der Waals surface area contributed by atoms with Crippen LogP contribution in [0.1, 0.15) is 36.7 Å². The van der Waals surface area contributed by atoms with Gasteiger partial charge in [-0.3, -0.25) is 19.9 Å². The second kappa shape index (κ2) is 10.7. The largest absolute Gasteiger partial charge is 0.365 e. The molecular formula is C24H33F4N7O2. The summed E-state index contributed by atoms with van der Waals surface area (Å²) < 4.78 is 54.8. The molecule has 0 spiro atoms. The Labute approximate surface area is 212 Å². The summed E-state index contributed by atoms with van der Waals surface area (Å²) in [7, 11) is 0. The van der Waals surface area contributed by atoms with E-state index in [1.807, 2.05) is 22.1 Å². The number of carbonyl (C=O) groups excluding carboxylic acids is 2. The molecule has 204 valence electrons. The van der Waals surface area contributed by atoms with Gasteiger partial charge in [-0.25, -0.2) is 23.2 Å². The number of hydrogen-bond donors (Lipinski definition) is 3. The lowest BCUT2D eigenvalue weighted by Crippen LogP contribution is -2.70. The van der Waals surface area contributed by atoms with E-state index in [2.05, 4.69) is 20.6 Å². The molecule has 9 nitrogen and oxygen atoms in total. The zero-order valence-corrected chi connectivity index (χ0v) is 20.7. The van der Waals surface area contributed by atoms with Crippen LogP contribution in [0.5, 0.6) is 0 Å². The molecule has 13 heteroatoms. The van der Waals surface area contributed by atoms with Gasteiger partial charge in [-0.2, -0.15) is 4.39 Å².